The maximum Gasteiger partial charge on any atom is 0.315 e. The number of hydrogen-bond donors (Lipinski definition) is 0. The van der Waals surface area contributed by atoms with E-state index in [4.69, 9.17) is 4.74 Å². The van der Waals surface area contributed by atoms with Gasteiger partial charge in [0.25, 0.3) is 0 Å². The molecule has 0 aliphatic carbocycles. The highest BCUT2D eigenvalue weighted by Gasteiger charge is 2.08. The third kappa shape index (κ3) is 3.90. The molecule has 24 heavy (non-hydrogen) atoms. The molecular formula is C22H20O2. The Morgan fingerprint density at radius 1 is 0.792 bits per heavy atom. The number of aryl methyl sites for hydroxylation is 2. The van der Waals surface area contributed by atoms with Crippen LogP contribution < -0.4 is 4.74 Å². The summed E-state index contributed by atoms with van der Waals surface area (Å²) < 4.78 is 5.44. The highest BCUT2D eigenvalue weighted by atomic mass is 16.5. The third-order valence-electron chi connectivity index (χ3n) is 4.11. The zero-order chi connectivity index (χ0) is 16.9. The van der Waals surface area contributed by atoms with Gasteiger partial charge in [0.15, 0.2) is 0 Å². The lowest BCUT2D eigenvalue weighted by molar-refractivity contribution is -0.133. The first-order chi connectivity index (χ1) is 11.6. The molecule has 0 aromatic heterocycles. The Balaban J connectivity index is 1.65. The van der Waals surface area contributed by atoms with Crippen molar-refractivity contribution < 1.29 is 9.53 Å². The van der Waals surface area contributed by atoms with E-state index in [1.54, 1.807) is 0 Å². The Morgan fingerprint density at radius 3 is 2.12 bits per heavy atom. The summed E-state index contributed by atoms with van der Waals surface area (Å²) in [6.07, 6.45) is 0.279. The quantitative estimate of drug-likeness (QED) is 0.493. The summed E-state index contributed by atoms with van der Waals surface area (Å²) in [5.74, 6) is 0.328. The third-order valence-corrected chi connectivity index (χ3v) is 4.11. The summed E-state index contributed by atoms with van der Waals surface area (Å²) in [5.41, 5.74) is 5.63. The van der Waals surface area contributed by atoms with E-state index in [-0.39, 0.29) is 12.4 Å². The van der Waals surface area contributed by atoms with Crippen LogP contribution in [0.2, 0.25) is 0 Å². The van der Waals surface area contributed by atoms with Gasteiger partial charge in [-0.25, -0.2) is 0 Å². The second kappa shape index (κ2) is 7.14. The van der Waals surface area contributed by atoms with Crippen molar-refractivity contribution in [3.63, 3.8) is 0 Å². The van der Waals surface area contributed by atoms with E-state index in [9.17, 15) is 4.79 Å². The molecule has 0 saturated heterocycles. The van der Waals surface area contributed by atoms with Crippen LogP contribution in [0, 0.1) is 13.8 Å². The topological polar surface area (TPSA) is 26.3 Å². The summed E-state index contributed by atoms with van der Waals surface area (Å²) in [6, 6.07) is 23.8. The molecule has 0 bridgehead atoms. The van der Waals surface area contributed by atoms with Crippen LogP contribution in [-0.2, 0) is 11.2 Å². The van der Waals surface area contributed by atoms with Crippen LogP contribution in [0.4, 0.5) is 0 Å². The molecule has 3 aromatic rings. The van der Waals surface area contributed by atoms with Crippen molar-refractivity contribution in [3.05, 3.63) is 89.5 Å². The van der Waals surface area contributed by atoms with Crippen molar-refractivity contribution in [2.75, 3.05) is 0 Å². The van der Waals surface area contributed by atoms with Gasteiger partial charge in [0, 0.05) is 0 Å². The molecule has 0 spiro atoms. The van der Waals surface area contributed by atoms with Gasteiger partial charge in [-0.2, -0.15) is 0 Å². The van der Waals surface area contributed by atoms with Crippen molar-refractivity contribution in [1.29, 1.82) is 0 Å². The number of ether oxygens (including phenoxy) is 1. The first-order valence-electron chi connectivity index (χ1n) is 8.04. The van der Waals surface area contributed by atoms with Gasteiger partial charge in [-0.15, -0.1) is 0 Å². The molecule has 0 amide bonds. The Labute approximate surface area is 142 Å². The molecule has 0 unspecified atom stereocenters. The highest BCUT2D eigenvalue weighted by Crippen LogP contribution is 2.22. The number of carbonyl (C=O) groups excluding carboxylic acids is 1. The first kappa shape index (κ1) is 16.0. The van der Waals surface area contributed by atoms with Crippen LogP contribution in [-0.4, -0.2) is 5.97 Å². The smallest absolute Gasteiger partial charge is 0.315 e. The van der Waals surface area contributed by atoms with Crippen molar-refractivity contribution >= 4 is 5.97 Å². The minimum absolute atomic E-state index is 0.245. The Morgan fingerprint density at radius 2 is 1.46 bits per heavy atom. The van der Waals surface area contributed by atoms with Gasteiger partial charge >= 0.3 is 5.97 Å². The van der Waals surface area contributed by atoms with E-state index in [2.05, 4.69) is 19.1 Å². The van der Waals surface area contributed by atoms with Gasteiger partial charge in [-0.1, -0.05) is 60.7 Å². The fraction of sp³-hybridized carbons (Fsp3) is 0.136. The molecule has 0 N–H and O–H groups in total. The van der Waals surface area contributed by atoms with Gasteiger partial charge < -0.3 is 4.74 Å². The van der Waals surface area contributed by atoms with Crippen molar-refractivity contribution in [2.45, 2.75) is 20.3 Å². The summed E-state index contributed by atoms with van der Waals surface area (Å²) >= 11 is 0. The molecular weight excluding hydrogens is 296 g/mol. The Hall–Kier alpha value is -2.87. The number of benzene rings is 3. The van der Waals surface area contributed by atoms with E-state index in [1.165, 1.54) is 11.1 Å². The lowest BCUT2D eigenvalue weighted by Gasteiger charge is -2.07. The molecule has 0 fully saturated rings. The summed E-state index contributed by atoms with van der Waals surface area (Å²) in [4.78, 5) is 12.1. The molecule has 3 rings (SSSR count). The molecule has 120 valence electrons. The van der Waals surface area contributed by atoms with E-state index in [1.807, 2.05) is 67.6 Å². The van der Waals surface area contributed by atoms with Gasteiger partial charge in [0.1, 0.15) is 5.75 Å². The molecule has 2 heteroatoms. The maximum atomic E-state index is 12.1. The second-order valence-corrected chi connectivity index (χ2v) is 5.96. The minimum Gasteiger partial charge on any atom is -0.426 e. The summed E-state index contributed by atoms with van der Waals surface area (Å²) in [5, 5.41) is 0. The van der Waals surface area contributed by atoms with E-state index < -0.39 is 0 Å². The molecule has 3 aromatic carbocycles. The predicted octanol–water partition coefficient (Wildman–Crippen LogP) is 5.12. The van der Waals surface area contributed by atoms with Crippen LogP contribution in [0.25, 0.3) is 11.1 Å². The summed E-state index contributed by atoms with van der Waals surface area (Å²) in [6.45, 7) is 4.11. The highest BCUT2D eigenvalue weighted by molar-refractivity contribution is 5.75. The van der Waals surface area contributed by atoms with Gasteiger partial charge in [0.05, 0.1) is 6.42 Å². The Bertz CT molecular complexity index is 834. The lowest BCUT2D eigenvalue weighted by atomic mass is 10.0. The fourth-order valence-electron chi connectivity index (χ4n) is 2.59. The zero-order valence-corrected chi connectivity index (χ0v) is 14.0. The molecule has 0 atom stereocenters. The Kier molecular flexibility index (Phi) is 4.76. The molecule has 2 nitrogen and oxygen atoms in total. The van der Waals surface area contributed by atoms with E-state index in [0.29, 0.717) is 5.75 Å². The average molecular weight is 316 g/mol. The summed E-state index contributed by atoms with van der Waals surface area (Å²) in [7, 11) is 0. The van der Waals surface area contributed by atoms with Crippen molar-refractivity contribution in [1.82, 2.24) is 0 Å². The standard InChI is InChI=1S/C22H20O2/c1-16-8-9-18(14-17(16)2)15-22(23)24-21-12-10-20(11-13-21)19-6-4-3-5-7-19/h3-14H,15H2,1-2H3. The second-order valence-electron chi connectivity index (χ2n) is 5.96. The van der Waals surface area contributed by atoms with Crippen molar-refractivity contribution in [2.24, 2.45) is 0 Å². The molecule has 0 heterocycles. The van der Waals surface area contributed by atoms with Gasteiger partial charge in [-0.05, 0) is 53.8 Å². The minimum atomic E-state index is -0.245. The molecule has 0 saturated carbocycles. The van der Waals surface area contributed by atoms with Gasteiger partial charge in [0.2, 0.25) is 0 Å². The molecule has 0 radical (unpaired) electrons. The molecule has 0 aliphatic rings. The van der Waals surface area contributed by atoms with Crippen LogP contribution in [0.5, 0.6) is 5.75 Å². The van der Waals surface area contributed by atoms with E-state index in [0.717, 1.165) is 16.7 Å². The average Bonchev–Trinajstić information content (AvgIpc) is 2.59. The number of rotatable bonds is 4. The van der Waals surface area contributed by atoms with Gasteiger partial charge in [-0.3, -0.25) is 4.79 Å². The fourth-order valence-corrected chi connectivity index (χ4v) is 2.59. The number of esters is 1. The molecule has 0 aliphatic heterocycles. The first-order valence-corrected chi connectivity index (χ1v) is 8.04. The predicted molar refractivity (Wildman–Crippen MR) is 97.1 cm³/mol. The van der Waals surface area contributed by atoms with Crippen LogP contribution in [0.1, 0.15) is 16.7 Å². The van der Waals surface area contributed by atoms with Crippen molar-refractivity contribution in [3.8, 4) is 16.9 Å². The maximum absolute atomic E-state index is 12.1. The SMILES string of the molecule is Cc1ccc(CC(=O)Oc2ccc(-c3ccccc3)cc2)cc1C. The number of carbonyl (C=O) groups is 1. The van der Waals surface area contributed by atoms with Crippen LogP contribution in [0.15, 0.2) is 72.8 Å². The van der Waals surface area contributed by atoms with Crippen LogP contribution >= 0.6 is 0 Å². The van der Waals surface area contributed by atoms with Crippen LogP contribution in [0.3, 0.4) is 0 Å². The monoisotopic (exact) mass is 316 g/mol. The lowest BCUT2D eigenvalue weighted by Crippen LogP contribution is -2.11. The normalized spacial score (nSPS) is 10.4. The number of hydrogen-bond acceptors (Lipinski definition) is 2. The zero-order valence-electron chi connectivity index (χ0n) is 14.0. The van der Waals surface area contributed by atoms with E-state index >= 15 is 0 Å². The largest absolute Gasteiger partial charge is 0.426 e.